The number of fused-ring (bicyclic) bond motifs is 1. The van der Waals surface area contributed by atoms with Gasteiger partial charge in [0.15, 0.2) is 0 Å². The van der Waals surface area contributed by atoms with Crippen LogP contribution in [0, 0.1) is 0 Å². The lowest BCUT2D eigenvalue weighted by atomic mass is 9.94. The second-order valence-electron chi connectivity index (χ2n) is 5.15. The molecule has 1 aromatic carbocycles. The van der Waals surface area contributed by atoms with E-state index in [1.807, 2.05) is 38.7 Å². The molecule has 0 unspecified atom stereocenters. The average molecular weight is 234 g/mol. The molecule has 92 valence electrons. The van der Waals surface area contributed by atoms with Gasteiger partial charge in [-0.25, -0.2) is 0 Å². The Kier molecular flexibility index (Phi) is 2.53. The Morgan fingerprint density at radius 1 is 1.35 bits per heavy atom. The van der Waals surface area contributed by atoms with Crippen LogP contribution in [0.25, 0.3) is 0 Å². The molecule has 0 saturated heterocycles. The summed E-state index contributed by atoms with van der Waals surface area (Å²) >= 11 is 0. The predicted molar refractivity (Wildman–Crippen MR) is 68.4 cm³/mol. The minimum Gasteiger partial charge on any atom is -0.506 e. The molecule has 1 heterocycles. The van der Waals surface area contributed by atoms with Crippen LogP contribution in [-0.4, -0.2) is 22.6 Å². The van der Waals surface area contributed by atoms with Gasteiger partial charge in [0.25, 0.3) is 0 Å². The smallest absolute Gasteiger partial charge is 0.249 e. The van der Waals surface area contributed by atoms with Crippen molar-refractivity contribution in [3.05, 3.63) is 18.2 Å². The van der Waals surface area contributed by atoms with E-state index >= 15 is 0 Å². The number of phenols is 1. The van der Waals surface area contributed by atoms with Crippen LogP contribution in [0.2, 0.25) is 0 Å². The zero-order valence-electron chi connectivity index (χ0n) is 10.6. The topological polar surface area (TPSA) is 52.6 Å². The number of benzene rings is 1. The van der Waals surface area contributed by atoms with Gasteiger partial charge in [0.05, 0.1) is 5.69 Å². The lowest BCUT2D eigenvalue weighted by molar-refractivity contribution is -0.120. The van der Waals surface area contributed by atoms with Crippen LogP contribution >= 0.6 is 0 Å². The molecule has 2 N–H and O–H groups in total. The number of aromatic hydroxyl groups is 1. The largest absolute Gasteiger partial charge is 0.506 e. The first-order valence-corrected chi connectivity index (χ1v) is 5.78. The Labute approximate surface area is 101 Å². The lowest BCUT2D eigenvalue weighted by Crippen LogP contribution is -2.58. The van der Waals surface area contributed by atoms with E-state index in [0.717, 1.165) is 5.69 Å². The van der Waals surface area contributed by atoms with Crippen LogP contribution in [0.3, 0.4) is 0 Å². The second kappa shape index (κ2) is 3.65. The van der Waals surface area contributed by atoms with Crippen LogP contribution < -0.4 is 10.2 Å². The van der Waals surface area contributed by atoms with E-state index in [4.69, 9.17) is 0 Å². The Balaban J connectivity index is 2.64. The van der Waals surface area contributed by atoms with E-state index in [1.54, 1.807) is 12.1 Å². The number of nitrogens with one attached hydrogen (secondary N) is 1. The molecule has 1 aliphatic heterocycles. The second-order valence-corrected chi connectivity index (χ2v) is 5.15. The fourth-order valence-corrected chi connectivity index (χ4v) is 2.46. The van der Waals surface area contributed by atoms with Gasteiger partial charge in [-0.05, 0) is 39.8 Å². The Morgan fingerprint density at radius 3 is 2.59 bits per heavy atom. The molecule has 1 amide bonds. The number of para-hydroxylation sites is 1. The van der Waals surface area contributed by atoms with Crippen molar-refractivity contribution in [3.63, 3.8) is 0 Å². The number of hydrogen-bond donors (Lipinski definition) is 2. The van der Waals surface area contributed by atoms with Crippen LogP contribution in [0.4, 0.5) is 11.4 Å². The third-order valence-electron chi connectivity index (χ3n) is 3.19. The lowest BCUT2D eigenvalue weighted by Gasteiger charge is -2.46. The molecule has 0 atom stereocenters. The van der Waals surface area contributed by atoms with Gasteiger partial charge >= 0.3 is 0 Å². The van der Waals surface area contributed by atoms with Crippen LogP contribution in [0.15, 0.2) is 18.2 Å². The summed E-state index contributed by atoms with van der Waals surface area (Å²) in [4.78, 5) is 14.1. The molecule has 0 aromatic heterocycles. The highest BCUT2D eigenvalue weighted by Gasteiger charge is 2.42. The van der Waals surface area contributed by atoms with Crippen molar-refractivity contribution in [2.24, 2.45) is 0 Å². The summed E-state index contributed by atoms with van der Waals surface area (Å²) in [5.74, 6) is 0.0113. The maximum Gasteiger partial charge on any atom is 0.249 e. The molecule has 0 radical (unpaired) electrons. The first kappa shape index (κ1) is 11.8. The van der Waals surface area contributed by atoms with Crippen molar-refractivity contribution in [2.45, 2.75) is 39.3 Å². The van der Waals surface area contributed by atoms with Gasteiger partial charge in [-0.1, -0.05) is 6.07 Å². The average Bonchev–Trinajstić information content (AvgIpc) is 2.20. The molecule has 0 bridgehead atoms. The van der Waals surface area contributed by atoms with Gasteiger partial charge in [0.1, 0.15) is 17.0 Å². The van der Waals surface area contributed by atoms with E-state index in [-0.39, 0.29) is 17.7 Å². The van der Waals surface area contributed by atoms with Crippen molar-refractivity contribution in [3.8, 4) is 5.75 Å². The molecule has 4 heteroatoms. The van der Waals surface area contributed by atoms with Gasteiger partial charge in [-0.2, -0.15) is 0 Å². The van der Waals surface area contributed by atoms with Gasteiger partial charge in [0.2, 0.25) is 5.91 Å². The number of amides is 1. The van der Waals surface area contributed by atoms with Gasteiger partial charge in [-0.15, -0.1) is 0 Å². The normalized spacial score (nSPS) is 17.9. The van der Waals surface area contributed by atoms with Crippen molar-refractivity contribution >= 4 is 17.3 Å². The van der Waals surface area contributed by atoms with E-state index in [2.05, 4.69) is 5.32 Å². The van der Waals surface area contributed by atoms with E-state index in [1.165, 1.54) is 0 Å². The Bertz CT molecular complexity index is 466. The fraction of sp³-hybridized carbons (Fsp3) is 0.462. The molecule has 4 nitrogen and oxygen atoms in total. The van der Waals surface area contributed by atoms with Crippen molar-refractivity contribution in [2.75, 3.05) is 10.2 Å². The maximum absolute atomic E-state index is 12.1. The molecule has 0 aliphatic carbocycles. The number of anilines is 2. The molecule has 1 aliphatic rings. The Morgan fingerprint density at radius 2 is 2.00 bits per heavy atom. The van der Waals surface area contributed by atoms with Gasteiger partial charge < -0.3 is 15.3 Å². The number of carbonyl (C=O) groups is 1. The van der Waals surface area contributed by atoms with Crippen molar-refractivity contribution in [1.82, 2.24) is 0 Å². The summed E-state index contributed by atoms with van der Waals surface area (Å²) in [5.41, 5.74) is 0.754. The minimum absolute atomic E-state index is 0.0970. The standard InChI is InChI=1S/C13H18N2O2/c1-8(2)15-9-6-5-7-10(16)11(9)14-12(17)13(15,3)4/h5-8,16H,1-4H3,(H,14,17). The molecular weight excluding hydrogens is 216 g/mol. The molecule has 1 aromatic rings. The predicted octanol–water partition coefficient (Wildman–Crippen LogP) is 2.34. The maximum atomic E-state index is 12.1. The molecule has 2 rings (SSSR count). The van der Waals surface area contributed by atoms with E-state index in [9.17, 15) is 9.90 Å². The summed E-state index contributed by atoms with van der Waals surface area (Å²) in [6, 6.07) is 5.46. The summed E-state index contributed by atoms with van der Waals surface area (Å²) in [6.07, 6.45) is 0. The molecule has 0 spiro atoms. The number of nitrogens with zero attached hydrogens (tertiary/aromatic N) is 1. The van der Waals surface area contributed by atoms with Crippen molar-refractivity contribution in [1.29, 1.82) is 0 Å². The zero-order chi connectivity index (χ0) is 12.8. The van der Waals surface area contributed by atoms with Crippen molar-refractivity contribution < 1.29 is 9.90 Å². The summed E-state index contributed by atoms with van der Waals surface area (Å²) in [5, 5.41) is 12.6. The van der Waals surface area contributed by atoms with Gasteiger partial charge in [0, 0.05) is 6.04 Å². The summed E-state index contributed by atoms with van der Waals surface area (Å²) < 4.78 is 0. The SMILES string of the molecule is CC(C)N1c2cccc(O)c2NC(=O)C1(C)C. The first-order chi connectivity index (χ1) is 7.85. The van der Waals surface area contributed by atoms with Crippen LogP contribution in [-0.2, 0) is 4.79 Å². The third kappa shape index (κ3) is 1.64. The number of phenolic OH excluding ortho intramolecular Hbond substituents is 1. The summed E-state index contributed by atoms with van der Waals surface area (Å²) in [7, 11) is 0. The molecule has 0 fully saturated rings. The zero-order valence-corrected chi connectivity index (χ0v) is 10.6. The fourth-order valence-electron chi connectivity index (χ4n) is 2.46. The quantitative estimate of drug-likeness (QED) is 0.733. The molecule has 0 saturated carbocycles. The minimum atomic E-state index is -0.616. The summed E-state index contributed by atoms with van der Waals surface area (Å²) in [6.45, 7) is 7.84. The highest BCUT2D eigenvalue weighted by atomic mass is 16.3. The number of rotatable bonds is 1. The van der Waals surface area contributed by atoms with E-state index in [0.29, 0.717) is 5.69 Å². The Hall–Kier alpha value is -1.71. The van der Waals surface area contributed by atoms with Gasteiger partial charge in [-0.3, -0.25) is 4.79 Å². The highest BCUT2D eigenvalue weighted by Crippen LogP contribution is 2.42. The monoisotopic (exact) mass is 234 g/mol. The first-order valence-electron chi connectivity index (χ1n) is 5.78. The number of hydrogen-bond acceptors (Lipinski definition) is 3. The highest BCUT2D eigenvalue weighted by molar-refractivity contribution is 6.07. The number of carbonyl (C=O) groups excluding carboxylic acids is 1. The molecule has 17 heavy (non-hydrogen) atoms. The van der Waals surface area contributed by atoms with Crippen LogP contribution in [0.5, 0.6) is 5.75 Å². The third-order valence-corrected chi connectivity index (χ3v) is 3.19. The van der Waals surface area contributed by atoms with E-state index < -0.39 is 5.54 Å². The molecular formula is C13H18N2O2. The van der Waals surface area contributed by atoms with Crippen LogP contribution in [0.1, 0.15) is 27.7 Å².